The van der Waals surface area contributed by atoms with Gasteiger partial charge in [-0.15, -0.1) is 11.3 Å². The highest BCUT2D eigenvalue weighted by Crippen LogP contribution is 2.34. The summed E-state index contributed by atoms with van der Waals surface area (Å²) in [5.74, 6) is 2.37. The Bertz CT molecular complexity index is 1230. The fourth-order valence-corrected chi connectivity index (χ4v) is 4.37. The normalized spacial score (nSPS) is 11.4. The molecule has 0 saturated heterocycles. The lowest BCUT2D eigenvalue weighted by Gasteiger charge is -2.13. The molecule has 6 nitrogen and oxygen atoms in total. The summed E-state index contributed by atoms with van der Waals surface area (Å²) in [7, 11) is 5.00. The quantitative estimate of drug-likeness (QED) is 0.377. The van der Waals surface area contributed by atoms with Gasteiger partial charge in [-0.25, -0.2) is 4.99 Å². The first-order valence-electron chi connectivity index (χ1n) is 10.2. The second-order valence-electron chi connectivity index (χ2n) is 7.04. The summed E-state index contributed by atoms with van der Waals surface area (Å²) in [6, 6.07) is 17.9. The van der Waals surface area contributed by atoms with Gasteiger partial charge in [-0.2, -0.15) is 0 Å². The molecule has 2 aromatic carbocycles. The maximum absolute atomic E-state index is 5.67. The molecule has 0 aliphatic heterocycles. The second kappa shape index (κ2) is 10.2. The van der Waals surface area contributed by atoms with E-state index in [-0.39, 0.29) is 0 Å². The van der Waals surface area contributed by atoms with Crippen molar-refractivity contribution in [3.05, 3.63) is 82.7 Å². The Labute approximate surface area is 191 Å². The van der Waals surface area contributed by atoms with Gasteiger partial charge in [0.1, 0.15) is 17.2 Å². The molecule has 0 unspecified atom stereocenters. The van der Waals surface area contributed by atoms with Gasteiger partial charge in [-0.05, 0) is 48.4 Å². The third-order valence-corrected chi connectivity index (χ3v) is 6.00. The summed E-state index contributed by atoms with van der Waals surface area (Å²) in [6.07, 6.45) is 4.37. The molecular formula is C25H25N3O3S. The van der Waals surface area contributed by atoms with Crippen LogP contribution in [0.1, 0.15) is 5.56 Å². The number of methoxy groups -OCH3 is 3. The summed E-state index contributed by atoms with van der Waals surface area (Å²) in [5, 5.41) is 2.12. The number of thiazole rings is 1. The van der Waals surface area contributed by atoms with Crippen LogP contribution in [0.3, 0.4) is 0 Å². The lowest BCUT2D eigenvalue weighted by Crippen LogP contribution is -2.17. The molecule has 0 aliphatic carbocycles. The molecule has 0 atom stereocenters. The molecular weight excluding hydrogens is 422 g/mol. The van der Waals surface area contributed by atoms with Crippen LogP contribution in [0, 0.1) is 0 Å². The number of aryl methyl sites for hydroxylation is 1. The number of rotatable bonds is 8. The van der Waals surface area contributed by atoms with Gasteiger partial charge in [0.05, 0.1) is 38.9 Å². The van der Waals surface area contributed by atoms with Gasteiger partial charge < -0.3 is 18.8 Å². The smallest absolute Gasteiger partial charge is 0.190 e. The third kappa shape index (κ3) is 4.84. The fourth-order valence-electron chi connectivity index (χ4n) is 3.42. The summed E-state index contributed by atoms with van der Waals surface area (Å²) >= 11 is 1.60. The van der Waals surface area contributed by atoms with Crippen LogP contribution in [0.5, 0.6) is 17.2 Å². The van der Waals surface area contributed by atoms with Crippen molar-refractivity contribution in [1.82, 2.24) is 9.55 Å². The van der Waals surface area contributed by atoms with E-state index in [2.05, 4.69) is 27.1 Å². The molecule has 0 aliphatic rings. The number of ether oxygens (including phenoxy) is 3. The number of pyridine rings is 1. The van der Waals surface area contributed by atoms with Gasteiger partial charge in [0.25, 0.3) is 0 Å². The molecule has 0 saturated carbocycles. The largest absolute Gasteiger partial charge is 0.497 e. The average molecular weight is 448 g/mol. The SMILES string of the molecule is COc1ccc(CCn2c(-c3ccc(OC)cc3OC)csc2=Nc2cccnc2)cc1. The molecule has 2 heterocycles. The summed E-state index contributed by atoms with van der Waals surface area (Å²) in [6.45, 7) is 0.763. The van der Waals surface area contributed by atoms with Crippen LogP contribution in [0.25, 0.3) is 11.3 Å². The molecule has 0 N–H and O–H groups in total. The zero-order valence-electron chi connectivity index (χ0n) is 18.3. The Hall–Kier alpha value is -3.58. The molecule has 4 rings (SSSR count). The van der Waals surface area contributed by atoms with E-state index >= 15 is 0 Å². The van der Waals surface area contributed by atoms with Crippen LogP contribution >= 0.6 is 11.3 Å². The standard InChI is InChI=1S/C25H25N3O3S/c1-29-20-8-6-18(7-9-20)12-14-28-23(22-11-10-21(30-2)15-24(22)31-3)17-32-25(28)27-19-5-4-13-26-16-19/h4-11,13,15-17H,12,14H2,1-3H3. The molecule has 0 bridgehead atoms. The van der Waals surface area contributed by atoms with Crippen molar-refractivity contribution in [3.8, 4) is 28.5 Å². The highest BCUT2D eigenvalue weighted by atomic mass is 32.1. The van der Waals surface area contributed by atoms with E-state index in [1.54, 1.807) is 45.1 Å². The molecule has 164 valence electrons. The van der Waals surface area contributed by atoms with Crippen LogP contribution in [0.15, 0.2) is 77.4 Å². The first kappa shape index (κ1) is 21.6. The van der Waals surface area contributed by atoms with Gasteiger partial charge in [0, 0.05) is 29.8 Å². The van der Waals surface area contributed by atoms with Gasteiger partial charge in [0.2, 0.25) is 0 Å². The molecule has 32 heavy (non-hydrogen) atoms. The minimum atomic E-state index is 0.755. The first-order chi connectivity index (χ1) is 15.7. The lowest BCUT2D eigenvalue weighted by molar-refractivity contribution is 0.395. The Balaban J connectivity index is 1.76. The van der Waals surface area contributed by atoms with Crippen molar-refractivity contribution in [3.63, 3.8) is 0 Å². The first-order valence-corrected chi connectivity index (χ1v) is 11.1. The Morgan fingerprint density at radius 2 is 1.72 bits per heavy atom. The molecule has 0 spiro atoms. The molecule has 0 radical (unpaired) electrons. The van der Waals surface area contributed by atoms with Crippen molar-refractivity contribution in [1.29, 1.82) is 0 Å². The van der Waals surface area contributed by atoms with Crippen LogP contribution in [-0.2, 0) is 13.0 Å². The molecule has 0 amide bonds. The van der Waals surface area contributed by atoms with E-state index in [1.807, 2.05) is 42.5 Å². The Kier molecular flexibility index (Phi) is 6.87. The highest BCUT2D eigenvalue weighted by Gasteiger charge is 2.14. The maximum Gasteiger partial charge on any atom is 0.190 e. The Morgan fingerprint density at radius 3 is 2.41 bits per heavy atom. The van der Waals surface area contributed by atoms with Crippen LogP contribution < -0.4 is 19.0 Å². The average Bonchev–Trinajstić information content (AvgIpc) is 3.25. The zero-order chi connectivity index (χ0) is 22.3. The molecule has 0 fully saturated rings. The third-order valence-electron chi connectivity index (χ3n) is 5.14. The van der Waals surface area contributed by atoms with Gasteiger partial charge in [-0.3, -0.25) is 4.98 Å². The van der Waals surface area contributed by atoms with Gasteiger partial charge in [-0.1, -0.05) is 12.1 Å². The number of hydrogen-bond donors (Lipinski definition) is 0. The van der Waals surface area contributed by atoms with E-state index in [0.717, 1.165) is 52.0 Å². The highest BCUT2D eigenvalue weighted by molar-refractivity contribution is 7.07. The van der Waals surface area contributed by atoms with E-state index in [0.29, 0.717) is 0 Å². The minimum absolute atomic E-state index is 0.755. The van der Waals surface area contributed by atoms with Crippen molar-refractivity contribution in [2.45, 2.75) is 13.0 Å². The van der Waals surface area contributed by atoms with E-state index < -0.39 is 0 Å². The molecule has 2 aromatic heterocycles. The second-order valence-corrected chi connectivity index (χ2v) is 7.88. The molecule has 4 aromatic rings. The van der Waals surface area contributed by atoms with Crippen molar-refractivity contribution in [2.24, 2.45) is 4.99 Å². The van der Waals surface area contributed by atoms with Crippen molar-refractivity contribution < 1.29 is 14.2 Å². The van der Waals surface area contributed by atoms with E-state index in [1.165, 1.54) is 5.56 Å². The van der Waals surface area contributed by atoms with Crippen LogP contribution in [-0.4, -0.2) is 30.9 Å². The number of hydrogen-bond acceptors (Lipinski definition) is 6. The predicted octanol–water partition coefficient (Wildman–Crippen LogP) is 5.11. The maximum atomic E-state index is 5.67. The van der Waals surface area contributed by atoms with E-state index in [9.17, 15) is 0 Å². The topological polar surface area (TPSA) is 57.9 Å². The molecule has 7 heteroatoms. The summed E-state index contributed by atoms with van der Waals surface area (Å²) in [5.41, 5.74) is 4.09. The number of aromatic nitrogens is 2. The lowest BCUT2D eigenvalue weighted by atomic mass is 10.1. The minimum Gasteiger partial charge on any atom is -0.497 e. The van der Waals surface area contributed by atoms with Crippen LogP contribution in [0.2, 0.25) is 0 Å². The van der Waals surface area contributed by atoms with Crippen LogP contribution in [0.4, 0.5) is 5.69 Å². The van der Waals surface area contributed by atoms with Gasteiger partial charge in [0.15, 0.2) is 4.80 Å². The van der Waals surface area contributed by atoms with E-state index in [4.69, 9.17) is 19.2 Å². The number of benzene rings is 2. The van der Waals surface area contributed by atoms with Gasteiger partial charge >= 0.3 is 0 Å². The zero-order valence-corrected chi connectivity index (χ0v) is 19.1. The van der Waals surface area contributed by atoms with Crippen molar-refractivity contribution in [2.75, 3.05) is 21.3 Å². The summed E-state index contributed by atoms with van der Waals surface area (Å²) in [4.78, 5) is 9.94. The van der Waals surface area contributed by atoms with Crippen molar-refractivity contribution >= 4 is 17.0 Å². The fraction of sp³-hybridized carbons (Fsp3) is 0.200. The summed E-state index contributed by atoms with van der Waals surface area (Å²) < 4.78 is 18.5. The monoisotopic (exact) mass is 447 g/mol. The number of nitrogens with zero attached hydrogens (tertiary/aromatic N) is 3. The predicted molar refractivity (Wildman–Crippen MR) is 127 cm³/mol. The Morgan fingerprint density at radius 1 is 0.938 bits per heavy atom.